The monoisotopic (exact) mass is 328 g/mol. The summed E-state index contributed by atoms with van der Waals surface area (Å²) in [7, 11) is 0. The molecule has 0 aliphatic heterocycles. The minimum Gasteiger partial charge on any atom is -0.345 e. The first-order chi connectivity index (χ1) is 7.96. The Labute approximate surface area is 126 Å². The van der Waals surface area contributed by atoms with Crippen LogP contribution in [-0.2, 0) is 0 Å². The van der Waals surface area contributed by atoms with Crippen LogP contribution in [0.5, 0.6) is 0 Å². The molecule has 18 heavy (non-hydrogen) atoms. The summed E-state index contributed by atoms with van der Waals surface area (Å²) in [4.78, 5) is 12.1. The first-order valence-electron chi connectivity index (χ1n) is 5.43. The minimum atomic E-state index is -0.338. The standard InChI is InChI=1S/C11H14Cl2N2OS.ClH/c1-11(5-14,6-2-3-6)15-10(16)7-4-8(12)17-9(7)13;/h4,6H,2-3,5,14H2,1H3,(H,15,16);1H. The van der Waals surface area contributed by atoms with Crippen molar-refractivity contribution in [3.05, 3.63) is 20.3 Å². The van der Waals surface area contributed by atoms with E-state index in [0.717, 1.165) is 12.8 Å². The van der Waals surface area contributed by atoms with E-state index in [1.165, 1.54) is 11.3 Å². The Morgan fingerprint density at radius 2 is 2.22 bits per heavy atom. The van der Waals surface area contributed by atoms with Crippen molar-refractivity contribution < 1.29 is 4.79 Å². The van der Waals surface area contributed by atoms with Crippen LogP contribution < -0.4 is 11.1 Å². The van der Waals surface area contributed by atoms with E-state index < -0.39 is 0 Å². The molecule has 2 rings (SSSR count). The van der Waals surface area contributed by atoms with Gasteiger partial charge in [0.15, 0.2) is 0 Å². The molecule has 0 saturated heterocycles. The number of thiophene rings is 1. The van der Waals surface area contributed by atoms with Gasteiger partial charge < -0.3 is 11.1 Å². The molecule has 1 heterocycles. The third-order valence-electron chi connectivity index (χ3n) is 3.20. The number of nitrogens with one attached hydrogen (secondary N) is 1. The van der Waals surface area contributed by atoms with E-state index in [2.05, 4.69) is 5.32 Å². The lowest BCUT2D eigenvalue weighted by molar-refractivity contribution is 0.0898. The van der Waals surface area contributed by atoms with Gasteiger partial charge in [0.1, 0.15) is 4.34 Å². The molecule has 0 spiro atoms. The molecule has 3 nitrogen and oxygen atoms in total. The van der Waals surface area contributed by atoms with Gasteiger partial charge in [-0.05, 0) is 31.7 Å². The molecule has 1 unspecified atom stereocenters. The van der Waals surface area contributed by atoms with E-state index in [0.29, 0.717) is 26.7 Å². The number of hydrogen-bond acceptors (Lipinski definition) is 3. The fourth-order valence-electron chi connectivity index (χ4n) is 1.86. The van der Waals surface area contributed by atoms with Crippen LogP contribution in [0.1, 0.15) is 30.1 Å². The third kappa shape index (κ3) is 3.31. The molecule has 1 atom stereocenters. The van der Waals surface area contributed by atoms with Crippen molar-refractivity contribution in [1.82, 2.24) is 5.32 Å². The van der Waals surface area contributed by atoms with Gasteiger partial charge in [-0.25, -0.2) is 0 Å². The van der Waals surface area contributed by atoms with Crippen molar-refractivity contribution in [2.45, 2.75) is 25.3 Å². The van der Waals surface area contributed by atoms with Gasteiger partial charge in [-0.3, -0.25) is 4.79 Å². The van der Waals surface area contributed by atoms with E-state index in [1.54, 1.807) is 6.07 Å². The van der Waals surface area contributed by atoms with Crippen LogP contribution in [0, 0.1) is 5.92 Å². The SMILES string of the molecule is CC(CN)(NC(=O)c1cc(Cl)sc1Cl)C1CC1.Cl. The summed E-state index contributed by atoms with van der Waals surface area (Å²) in [5.74, 6) is 0.280. The van der Waals surface area contributed by atoms with Gasteiger partial charge in [0.25, 0.3) is 5.91 Å². The molecule has 7 heteroatoms. The van der Waals surface area contributed by atoms with Gasteiger partial charge in [0.2, 0.25) is 0 Å². The average molecular weight is 330 g/mol. The Balaban J connectivity index is 0.00000162. The molecule has 0 bridgehead atoms. The van der Waals surface area contributed by atoms with Crippen molar-refractivity contribution in [3.8, 4) is 0 Å². The summed E-state index contributed by atoms with van der Waals surface area (Å²) in [6.07, 6.45) is 2.23. The largest absolute Gasteiger partial charge is 0.345 e. The van der Waals surface area contributed by atoms with Gasteiger partial charge in [0.05, 0.1) is 15.4 Å². The lowest BCUT2D eigenvalue weighted by atomic mass is 9.95. The van der Waals surface area contributed by atoms with Crippen molar-refractivity contribution in [1.29, 1.82) is 0 Å². The van der Waals surface area contributed by atoms with E-state index in [-0.39, 0.29) is 23.9 Å². The molecule has 1 amide bonds. The van der Waals surface area contributed by atoms with E-state index >= 15 is 0 Å². The first-order valence-corrected chi connectivity index (χ1v) is 7.01. The zero-order valence-corrected chi connectivity index (χ0v) is 13.0. The zero-order chi connectivity index (χ0) is 12.6. The second-order valence-corrected chi connectivity index (χ2v) is 6.87. The second-order valence-electron chi connectivity index (χ2n) is 4.59. The lowest BCUT2D eigenvalue weighted by Gasteiger charge is -2.29. The molecule has 1 aliphatic carbocycles. The molecule has 1 saturated carbocycles. The van der Waals surface area contributed by atoms with Crippen molar-refractivity contribution >= 4 is 52.9 Å². The second kappa shape index (κ2) is 5.97. The van der Waals surface area contributed by atoms with Crippen LogP contribution in [0.15, 0.2) is 6.07 Å². The molecule has 1 aromatic rings. The lowest BCUT2D eigenvalue weighted by Crippen LogP contribution is -2.53. The maximum atomic E-state index is 12.1. The van der Waals surface area contributed by atoms with E-state index in [1.807, 2.05) is 6.92 Å². The van der Waals surface area contributed by atoms with Crippen molar-refractivity contribution in [3.63, 3.8) is 0 Å². The van der Waals surface area contributed by atoms with Gasteiger partial charge in [0, 0.05) is 6.54 Å². The topological polar surface area (TPSA) is 55.1 Å². The number of amides is 1. The molecule has 0 radical (unpaired) electrons. The van der Waals surface area contributed by atoms with Crippen molar-refractivity contribution in [2.24, 2.45) is 11.7 Å². The van der Waals surface area contributed by atoms with Gasteiger partial charge in [-0.2, -0.15) is 0 Å². The number of carbonyl (C=O) groups is 1. The summed E-state index contributed by atoms with van der Waals surface area (Å²) in [5, 5.41) is 2.98. The van der Waals surface area contributed by atoms with E-state index in [9.17, 15) is 4.79 Å². The van der Waals surface area contributed by atoms with Crippen LogP contribution in [0.2, 0.25) is 8.67 Å². The maximum Gasteiger partial charge on any atom is 0.254 e. The molecule has 1 fully saturated rings. The highest BCUT2D eigenvalue weighted by atomic mass is 35.5. The predicted octanol–water partition coefficient (Wildman–Crippen LogP) is 3.33. The summed E-state index contributed by atoms with van der Waals surface area (Å²) < 4.78 is 0.934. The maximum absolute atomic E-state index is 12.1. The van der Waals surface area contributed by atoms with Gasteiger partial charge in [-0.15, -0.1) is 23.7 Å². The summed E-state index contributed by atoms with van der Waals surface area (Å²) in [6, 6.07) is 1.59. The number of rotatable bonds is 4. The Hall–Kier alpha value is -0.000000000000000222. The number of carbonyl (C=O) groups excluding carboxylic acids is 1. The highest BCUT2D eigenvalue weighted by Gasteiger charge is 2.41. The molecule has 0 aromatic carbocycles. The summed E-state index contributed by atoms with van der Waals surface area (Å²) >= 11 is 13.0. The fourth-order valence-corrected chi connectivity index (χ4v) is 3.32. The minimum absolute atomic E-state index is 0. The number of halogens is 3. The van der Waals surface area contributed by atoms with Crippen LogP contribution in [-0.4, -0.2) is 18.0 Å². The van der Waals surface area contributed by atoms with Crippen LogP contribution in [0.25, 0.3) is 0 Å². The molecule has 1 aromatic heterocycles. The number of nitrogens with two attached hydrogens (primary N) is 1. The summed E-state index contributed by atoms with van der Waals surface area (Å²) in [5.41, 5.74) is 5.84. The van der Waals surface area contributed by atoms with Crippen molar-refractivity contribution in [2.75, 3.05) is 6.54 Å². The zero-order valence-electron chi connectivity index (χ0n) is 9.83. The average Bonchev–Trinajstić information content (AvgIpc) is 3.05. The Morgan fingerprint density at radius 3 is 2.61 bits per heavy atom. The Kier molecular flexibility index (Phi) is 5.32. The normalized spacial score (nSPS) is 17.8. The van der Waals surface area contributed by atoms with Gasteiger partial charge in [-0.1, -0.05) is 23.2 Å². The Bertz CT molecular complexity index is 447. The Morgan fingerprint density at radius 1 is 1.61 bits per heavy atom. The quantitative estimate of drug-likeness (QED) is 0.890. The highest BCUT2D eigenvalue weighted by molar-refractivity contribution is 7.20. The molecule has 102 valence electrons. The van der Waals surface area contributed by atoms with Gasteiger partial charge >= 0.3 is 0 Å². The van der Waals surface area contributed by atoms with Crippen LogP contribution >= 0.6 is 46.9 Å². The molecule has 1 aliphatic rings. The molecular formula is C11H15Cl3N2OS. The summed E-state index contributed by atoms with van der Waals surface area (Å²) in [6.45, 7) is 2.41. The predicted molar refractivity (Wildman–Crippen MR) is 79.2 cm³/mol. The first kappa shape index (κ1) is 16.1. The fraction of sp³-hybridized carbons (Fsp3) is 0.545. The van der Waals surface area contributed by atoms with E-state index in [4.69, 9.17) is 28.9 Å². The smallest absolute Gasteiger partial charge is 0.254 e. The third-order valence-corrected chi connectivity index (χ3v) is 4.69. The molecular weight excluding hydrogens is 315 g/mol. The highest BCUT2D eigenvalue weighted by Crippen LogP contribution is 2.39. The van der Waals surface area contributed by atoms with Crippen LogP contribution in [0.4, 0.5) is 0 Å². The number of hydrogen-bond donors (Lipinski definition) is 2. The molecule has 3 N–H and O–H groups in total. The van der Waals surface area contributed by atoms with Crippen LogP contribution in [0.3, 0.4) is 0 Å².